The monoisotopic (exact) mass is 451 g/mol. The third-order valence-electron chi connectivity index (χ3n) is 4.92. The minimum absolute atomic E-state index is 0. The van der Waals surface area contributed by atoms with Crippen LogP contribution in [0.3, 0.4) is 0 Å². The largest absolute Gasteiger partial charge is 1.00 e. The Morgan fingerprint density at radius 2 is 1.79 bits per heavy atom. The molecule has 0 fully saturated rings. The maximum atomic E-state index is 12.6. The number of fused-ring (bicyclic) bond motifs is 1. The van der Waals surface area contributed by atoms with E-state index >= 15 is 0 Å². The number of carbonyl (C=O) groups excluding carboxylic acids is 1. The van der Waals surface area contributed by atoms with E-state index in [-0.39, 0.29) is 29.3 Å². The molecule has 2 heterocycles. The molecule has 0 atom stereocenters. The molecule has 0 saturated carbocycles. The first-order chi connectivity index (χ1) is 13.6. The summed E-state index contributed by atoms with van der Waals surface area (Å²) in [5, 5.41) is 0. The van der Waals surface area contributed by atoms with E-state index < -0.39 is 0 Å². The van der Waals surface area contributed by atoms with E-state index in [0.717, 1.165) is 29.0 Å². The van der Waals surface area contributed by atoms with Crippen molar-refractivity contribution in [2.45, 2.75) is 13.0 Å². The van der Waals surface area contributed by atoms with Gasteiger partial charge in [-0.1, -0.05) is 30.3 Å². The summed E-state index contributed by atoms with van der Waals surface area (Å²) in [5.41, 5.74) is 3.83. The molecule has 148 valence electrons. The number of methoxy groups -OCH3 is 1. The number of aromatic nitrogens is 3. The van der Waals surface area contributed by atoms with Gasteiger partial charge in [0.15, 0.2) is 17.9 Å². The number of imidazole rings is 1. The lowest BCUT2D eigenvalue weighted by Gasteiger charge is -2.02. The van der Waals surface area contributed by atoms with Gasteiger partial charge >= 0.3 is 0 Å². The first-order valence-electron chi connectivity index (χ1n) is 9.19. The summed E-state index contributed by atoms with van der Waals surface area (Å²) in [6.45, 7) is 0.271. The predicted octanol–water partition coefficient (Wildman–Crippen LogP) is 0.347. The zero-order valence-electron chi connectivity index (χ0n) is 16.4. The molecule has 4 aromatic rings. The molecule has 0 aliphatic heterocycles. The number of halogens is 1. The van der Waals surface area contributed by atoms with Crippen LogP contribution in [0.1, 0.15) is 21.7 Å². The lowest BCUT2D eigenvalue weighted by molar-refractivity contribution is -0.681. The van der Waals surface area contributed by atoms with Crippen molar-refractivity contribution >= 4 is 16.8 Å². The molecule has 0 unspecified atom stereocenters. The van der Waals surface area contributed by atoms with Crippen molar-refractivity contribution in [3.8, 4) is 5.75 Å². The molecule has 0 amide bonds. The SMILES string of the molecule is COc1ccc(C(=O)C[n+]2ccc3c(c2)nc(Cc2ccccc2)n3C)cc1.[Br-]. The maximum absolute atomic E-state index is 12.6. The molecule has 0 bridgehead atoms. The maximum Gasteiger partial charge on any atom is 0.227 e. The van der Waals surface area contributed by atoms with Crippen molar-refractivity contribution in [2.75, 3.05) is 7.11 Å². The Labute approximate surface area is 180 Å². The Hall–Kier alpha value is -2.99. The van der Waals surface area contributed by atoms with Gasteiger partial charge in [0.25, 0.3) is 0 Å². The molecule has 29 heavy (non-hydrogen) atoms. The molecule has 0 spiro atoms. The molecular formula is C23H22BrN3O2. The number of benzene rings is 2. The lowest BCUT2D eigenvalue weighted by atomic mass is 10.1. The van der Waals surface area contributed by atoms with E-state index in [9.17, 15) is 4.79 Å². The summed E-state index contributed by atoms with van der Waals surface area (Å²) in [5.74, 6) is 1.79. The highest BCUT2D eigenvalue weighted by Crippen LogP contribution is 2.16. The third kappa shape index (κ3) is 4.54. The number of aryl methyl sites for hydroxylation is 1. The summed E-state index contributed by atoms with van der Waals surface area (Å²) >= 11 is 0. The molecule has 0 aliphatic rings. The van der Waals surface area contributed by atoms with Crippen LogP contribution in [0.4, 0.5) is 0 Å². The fraction of sp³-hybridized carbons (Fsp3) is 0.174. The van der Waals surface area contributed by atoms with Crippen molar-refractivity contribution in [3.63, 3.8) is 0 Å². The molecule has 2 aromatic heterocycles. The predicted molar refractivity (Wildman–Crippen MR) is 107 cm³/mol. The highest BCUT2D eigenvalue weighted by molar-refractivity contribution is 5.95. The van der Waals surface area contributed by atoms with Crippen LogP contribution in [0.15, 0.2) is 73.1 Å². The van der Waals surface area contributed by atoms with Crippen LogP contribution in [0.25, 0.3) is 11.0 Å². The van der Waals surface area contributed by atoms with E-state index in [4.69, 9.17) is 9.72 Å². The fourth-order valence-corrected chi connectivity index (χ4v) is 3.31. The molecule has 0 N–H and O–H groups in total. The number of rotatable bonds is 6. The summed E-state index contributed by atoms with van der Waals surface area (Å²) in [6.07, 6.45) is 4.64. The molecule has 0 saturated heterocycles. The molecule has 2 aromatic carbocycles. The van der Waals surface area contributed by atoms with Crippen LogP contribution in [0.2, 0.25) is 0 Å². The van der Waals surface area contributed by atoms with Gasteiger partial charge in [0, 0.05) is 25.1 Å². The van der Waals surface area contributed by atoms with Crippen molar-refractivity contribution in [1.29, 1.82) is 0 Å². The van der Waals surface area contributed by atoms with Crippen LogP contribution >= 0.6 is 0 Å². The van der Waals surface area contributed by atoms with Crippen LogP contribution in [0, 0.1) is 0 Å². The van der Waals surface area contributed by atoms with E-state index in [1.807, 2.05) is 48.3 Å². The van der Waals surface area contributed by atoms with Gasteiger partial charge in [0.2, 0.25) is 12.3 Å². The minimum atomic E-state index is 0. The fourth-order valence-electron chi connectivity index (χ4n) is 3.31. The lowest BCUT2D eigenvalue weighted by Crippen LogP contribution is -3.00. The zero-order valence-corrected chi connectivity index (χ0v) is 18.0. The summed E-state index contributed by atoms with van der Waals surface area (Å²) < 4.78 is 9.14. The average molecular weight is 452 g/mol. The van der Waals surface area contributed by atoms with Gasteiger partial charge in [-0.05, 0) is 29.8 Å². The van der Waals surface area contributed by atoms with Crippen LogP contribution in [-0.2, 0) is 20.0 Å². The van der Waals surface area contributed by atoms with E-state index in [1.54, 1.807) is 31.4 Å². The van der Waals surface area contributed by atoms with Gasteiger partial charge < -0.3 is 26.3 Å². The Morgan fingerprint density at radius 3 is 2.48 bits per heavy atom. The molecule has 4 rings (SSSR count). The Kier molecular flexibility index (Phi) is 6.44. The zero-order chi connectivity index (χ0) is 19.5. The highest BCUT2D eigenvalue weighted by Gasteiger charge is 2.16. The highest BCUT2D eigenvalue weighted by atomic mass is 79.9. The van der Waals surface area contributed by atoms with E-state index in [2.05, 4.69) is 16.7 Å². The molecule has 0 aliphatic carbocycles. The second-order valence-corrected chi connectivity index (χ2v) is 6.79. The quantitative estimate of drug-likeness (QED) is 0.314. The Morgan fingerprint density at radius 1 is 1.07 bits per heavy atom. The van der Waals surface area contributed by atoms with Gasteiger partial charge in [0.05, 0.1) is 12.6 Å². The number of ether oxygens (including phenoxy) is 1. The van der Waals surface area contributed by atoms with Gasteiger partial charge in [-0.3, -0.25) is 4.79 Å². The first kappa shape index (κ1) is 20.7. The molecule has 5 nitrogen and oxygen atoms in total. The Balaban J connectivity index is 0.00000240. The third-order valence-corrected chi connectivity index (χ3v) is 4.92. The number of ketones is 1. The van der Waals surface area contributed by atoms with E-state index in [1.165, 1.54) is 5.56 Å². The smallest absolute Gasteiger partial charge is 0.227 e. The first-order valence-corrected chi connectivity index (χ1v) is 9.19. The van der Waals surface area contributed by atoms with Crippen LogP contribution in [-0.4, -0.2) is 22.4 Å². The van der Waals surface area contributed by atoms with Crippen molar-refractivity contribution < 1.29 is 31.1 Å². The van der Waals surface area contributed by atoms with E-state index in [0.29, 0.717) is 5.56 Å². The van der Waals surface area contributed by atoms with Crippen molar-refractivity contribution in [2.24, 2.45) is 7.05 Å². The number of hydrogen-bond donors (Lipinski definition) is 0. The summed E-state index contributed by atoms with van der Waals surface area (Å²) in [7, 11) is 3.64. The van der Waals surface area contributed by atoms with Crippen LogP contribution < -0.4 is 26.3 Å². The number of pyridine rings is 1. The number of nitrogens with zero attached hydrogens (tertiary/aromatic N) is 3. The van der Waals surface area contributed by atoms with Gasteiger partial charge in [0.1, 0.15) is 11.6 Å². The Bertz CT molecular complexity index is 1120. The normalized spacial score (nSPS) is 10.6. The second kappa shape index (κ2) is 9.01. The van der Waals surface area contributed by atoms with Gasteiger partial charge in [-0.2, -0.15) is 4.57 Å². The summed E-state index contributed by atoms with van der Waals surface area (Å²) in [6, 6.07) is 19.5. The average Bonchev–Trinajstić information content (AvgIpc) is 3.03. The standard InChI is InChI=1S/C23H22N3O2.BrH/c1-25-21-12-13-26(16-22(27)18-8-10-19(28-2)11-9-18)15-20(21)24-23(25)14-17-6-4-3-5-7-17;/h3-13,15H,14,16H2,1-2H3;1H/q+1;/p-1. The molecule has 6 heteroatoms. The topological polar surface area (TPSA) is 48.0 Å². The number of Topliss-reactive ketones (excluding diaryl/α,β-unsaturated/α-hetero) is 1. The van der Waals surface area contributed by atoms with Gasteiger partial charge in [-0.15, -0.1) is 0 Å². The van der Waals surface area contributed by atoms with Crippen molar-refractivity contribution in [3.05, 3.63) is 90.0 Å². The molecule has 0 radical (unpaired) electrons. The minimum Gasteiger partial charge on any atom is -1.00 e. The summed E-state index contributed by atoms with van der Waals surface area (Å²) in [4.78, 5) is 17.4. The second-order valence-electron chi connectivity index (χ2n) is 6.79. The number of hydrogen-bond acceptors (Lipinski definition) is 3. The van der Waals surface area contributed by atoms with Crippen molar-refractivity contribution in [1.82, 2.24) is 9.55 Å². The molecular weight excluding hydrogens is 430 g/mol. The van der Waals surface area contributed by atoms with Gasteiger partial charge in [-0.25, -0.2) is 4.98 Å². The number of carbonyl (C=O) groups is 1. The van der Waals surface area contributed by atoms with Crippen LogP contribution in [0.5, 0.6) is 5.75 Å².